The highest BCUT2D eigenvalue weighted by Crippen LogP contribution is 2.22. The largest absolute Gasteiger partial charge is 0.469 e. The maximum Gasteiger partial charge on any atom is 0.306 e. The van der Waals surface area contributed by atoms with Crippen LogP contribution in [0.5, 0.6) is 0 Å². The summed E-state index contributed by atoms with van der Waals surface area (Å²) in [5.41, 5.74) is 0. The first-order chi connectivity index (χ1) is 9.54. The molecule has 2 aromatic carbocycles. The molecular formula is C14H15NO4S. The van der Waals surface area contributed by atoms with Crippen LogP contribution in [0.4, 0.5) is 0 Å². The van der Waals surface area contributed by atoms with Gasteiger partial charge in [0.15, 0.2) is 0 Å². The monoisotopic (exact) mass is 293 g/mol. The lowest BCUT2D eigenvalue weighted by atomic mass is 10.1. The summed E-state index contributed by atoms with van der Waals surface area (Å²) in [4.78, 5) is 11.2. The molecule has 1 N–H and O–H groups in total. The fourth-order valence-electron chi connectivity index (χ4n) is 1.90. The van der Waals surface area contributed by atoms with Crippen molar-refractivity contribution >= 4 is 26.8 Å². The number of carbonyl (C=O) groups is 1. The minimum Gasteiger partial charge on any atom is -0.469 e. The molecule has 20 heavy (non-hydrogen) atoms. The highest BCUT2D eigenvalue weighted by Gasteiger charge is 2.16. The fraction of sp³-hybridized carbons (Fsp3) is 0.214. The van der Waals surface area contributed by atoms with Gasteiger partial charge in [-0.3, -0.25) is 4.79 Å². The zero-order valence-electron chi connectivity index (χ0n) is 11.0. The van der Waals surface area contributed by atoms with Gasteiger partial charge in [0, 0.05) is 11.9 Å². The third kappa shape index (κ3) is 3.15. The van der Waals surface area contributed by atoms with Crippen molar-refractivity contribution < 1.29 is 17.9 Å². The lowest BCUT2D eigenvalue weighted by Gasteiger charge is -2.09. The molecule has 6 heteroatoms. The second-order valence-electron chi connectivity index (χ2n) is 4.20. The van der Waals surface area contributed by atoms with Crippen LogP contribution in [0.25, 0.3) is 10.8 Å². The van der Waals surface area contributed by atoms with Gasteiger partial charge in [-0.2, -0.15) is 0 Å². The quantitative estimate of drug-likeness (QED) is 0.851. The molecule has 2 rings (SSSR count). The number of rotatable bonds is 5. The molecule has 2 aromatic rings. The molecule has 0 aliphatic carbocycles. The molecule has 0 spiro atoms. The van der Waals surface area contributed by atoms with Crippen molar-refractivity contribution in [2.45, 2.75) is 11.3 Å². The fourth-order valence-corrected chi connectivity index (χ4v) is 3.16. The summed E-state index contributed by atoms with van der Waals surface area (Å²) < 4.78 is 31.4. The molecule has 106 valence electrons. The van der Waals surface area contributed by atoms with E-state index in [2.05, 4.69) is 9.46 Å². The Kier molecular flexibility index (Phi) is 4.36. The number of carbonyl (C=O) groups excluding carboxylic acids is 1. The summed E-state index contributed by atoms with van der Waals surface area (Å²) in [6.07, 6.45) is 0.000492. The van der Waals surface area contributed by atoms with E-state index in [9.17, 15) is 13.2 Å². The maximum absolute atomic E-state index is 12.3. The van der Waals surface area contributed by atoms with E-state index in [0.717, 1.165) is 5.39 Å². The molecule has 5 nitrogen and oxygen atoms in total. The molecule has 0 radical (unpaired) electrons. The first-order valence-corrected chi connectivity index (χ1v) is 7.57. The molecule has 0 amide bonds. The standard InChI is InChI=1S/C14H15NO4S/c1-19-14(16)9-10-15-20(17,18)13-8-4-6-11-5-2-3-7-12(11)13/h2-8,15H,9-10H2,1H3. The SMILES string of the molecule is COC(=O)CCNS(=O)(=O)c1cccc2ccccc12. The third-order valence-electron chi connectivity index (χ3n) is 2.89. The first-order valence-electron chi connectivity index (χ1n) is 6.09. The molecule has 0 fully saturated rings. The third-order valence-corrected chi connectivity index (χ3v) is 4.41. The van der Waals surface area contributed by atoms with Gasteiger partial charge in [-0.05, 0) is 11.5 Å². The number of esters is 1. The molecule has 0 aromatic heterocycles. The van der Waals surface area contributed by atoms with Gasteiger partial charge in [-0.1, -0.05) is 36.4 Å². The van der Waals surface area contributed by atoms with Crippen molar-refractivity contribution in [1.82, 2.24) is 4.72 Å². The number of sulfonamides is 1. The van der Waals surface area contributed by atoms with Gasteiger partial charge < -0.3 is 4.74 Å². The maximum atomic E-state index is 12.3. The minimum atomic E-state index is -3.65. The Hall–Kier alpha value is -1.92. The van der Waals surface area contributed by atoms with Crippen LogP contribution in [0.1, 0.15) is 6.42 Å². The van der Waals surface area contributed by atoms with E-state index in [0.29, 0.717) is 5.39 Å². The highest BCUT2D eigenvalue weighted by atomic mass is 32.2. The van der Waals surface area contributed by atoms with Crippen LogP contribution < -0.4 is 4.72 Å². The predicted molar refractivity (Wildman–Crippen MR) is 75.8 cm³/mol. The van der Waals surface area contributed by atoms with Crippen LogP contribution in [-0.2, 0) is 19.6 Å². The topological polar surface area (TPSA) is 72.5 Å². The zero-order chi connectivity index (χ0) is 14.6. The molecule has 0 bridgehead atoms. The molecule has 0 aliphatic heterocycles. The molecule has 0 saturated carbocycles. The van der Waals surface area contributed by atoms with Crippen molar-refractivity contribution in [3.8, 4) is 0 Å². The van der Waals surface area contributed by atoms with Crippen molar-refractivity contribution in [2.24, 2.45) is 0 Å². The lowest BCUT2D eigenvalue weighted by Crippen LogP contribution is -2.26. The van der Waals surface area contributed by atoms with E-state index >= 15 is 0 Å². The average molecular weight is 293 g/mol. The Morgan fingerprint density at radius 1 is 1.15 bits per heavy atom. The van der Waals surface area contributed by atoms with Gasteiger partial charge >= 0.3 is 5.97 Å². The summed E-state index contributed by atoms with van der Waals surface area (Å²) >= 11 is 0. The predicted octanol–water partition coefficient (Wildman–Crippen LogP) is 1.68. The van der Waals surface area contributed by atoms with E-state index < -0.39 is 16.0 Å². The number of hydrogen-bond donors (Lipinski definition) is 1. The summed E-state index contributed by atoms with van der Waals surface area (Å²) in [5, 5.41) is 1.50. The van der Waals surface area contributed by atoms with E-state index in [1.165, 1.54) is 7.11 Å². The lowest BCUT2D eigenvalue weighted by molar-refractivity contribution is -0.140. The second-order valence-corrected chi connectivity index (χ2v) is 5.94. The molecule has 0 atom stereocenters. The van der Waals surface area contributed by atoms with Crippen LogP contribution in [0.2, 0.25) is 0 Å². The van der Waals surface area contributed by atoms with Crippen LogP contribution in [0.3, 0.4) is 0 Å². The summed E-state index contributed by atoms with van der Waals surface area (Å²) in [7, 11) is -2.38. The Bertz CT molecular complexity index is 720. The highest BCUT2D eigenvalue weighted by molar-refractivity contribution is 7.89. The number of nitrogens with one attached hydrogen (secondary N) is 1. The van der Waals surface area contributed by atoms with Gasteiger partial charge in [-0.15, -0.1) is 0 Å². The normalized spacial score (nSPS) is 11.4. The number of fused-ring (bicyclic) bond motifs is 1. The van der Waals surface area contributed by atoms with Crippen molar-refractivity contribution in [1.29, 1.82) is 0 Å². The Morgan fingerprint density at radius 3 is 2.60 bits per heavy atom. The molecular weight excluding hydrogens is 278 g/mol. The summed E-state index contributed by atoms with van der Waals surface area (Å²) in [6.45, 7) is 0.0121. The van der Waals surface area contributed by atoms with Crippen molar-refractivity contribution in [3.63, 3.8) is 0 Å². The van der Waals surface area contributed by atoms with Gasteiger partial charge in [0.1, 0.15) is 0 Å². The number of hydrogen-bond acceptors (Lipinski definition) is 4. The molecule has 0 heterocycles. The molecule has 0 saturated heterocycles. The summed E-state index contributed by atoms with van der Waals surface area (Å²) in [5.74, 6) is -0.453. The van der Waals surface area contributed by atoms with Crippen LogP contribution in [0, 0.1) is 0 Å². The average Bonchev–Trinajstić information content (AvgIpc) is 2.46. The number of methoxy groups -OCH3 is 1. The van der Waals surface area contributed by atoms with Gasteiger partial charge in [-0.25, -0.2) is 13.1 Å². The minimum absolute atomic E-state index is 0.000492. The second kappa shape index (κ2) is 6.02. The summed E-state index contributed by atoms with van der Waals surface area (Å²) in [6, 6.07) is 12.3. The zero-order valence-corrected chi connectivity index (χ0v) is 11.8. The van der Waals surface area contributed by atoms with E-state index in [4.69, 9.17) is 0 Å². The van der Waals surface area contributed by atoms with Crippen LogP contribution >= 0.6 is 0 Å². The van der Waals surface area contributed by atoms with Crippen LogP contribution in [-0.4, -0.2) is 28.0 Å². The van der Waals surface area contributed by atoms with Crippen LogP contribution in [0.15, 0.2) is 47.4 Å². The van der Waals surface area contributed by atoms with E-state index in [-0.39, 0.29) is 17.9 Å². The van der Waals surface area contributed by atoms with E-state index in [1.807, 2.05) is 18.2 Å². The molecule has 0 aliphatic rings. The van der Waals surface area contributed by atoms with E-state index in [1.54, 1.807) is 24.3 Å². The van der Waals surface area contributed by atoms with Crippen molar-refractivity contribution in [2.75, 3.05) is 13.7 Å². The van der Waals surface area contributed by atoms with Gasteiger partial charge in [0.05, 0.1) is 18.4 Å². The Morgan fingerprint density at radius 2 is 1.85 bits per heavy atom. The first kappa shape index (κ1) is 14.5. The number of ether oxygens (including phenoxy) is 1. The smallest absolute Gasteiger partial charge is 0.306 e. The Labute approximate surface area is 117 Å². The Balaban J connectivity index is 2.26. The molecule has 0 unspecified atom stereocenters. The number of benzene rings is 2. The van der Waals surface area contributed by atoms with Crippen molar-refractivity contribution in [3.05, 3.63) is 42.5 Å². The van der Waals surface area contributed by atoms with Gasteiger partial charge in [0.25, 0.3) is 0 Å². The van der Waals surface area contributed by atoms with Gasteiger partial charge in [0.2, 0.25) is 10.0 Å².